The summed E-state index contributed by atoms with van der Waals surface area (Å²) in [6.07, 6.45) is 0.483. The molecule has 0 aliphatic carbocycles. The van der Waals surface area contributed by atoms with Crippen molar-refractivity contribution in [2.75, 3.05) is 0 Å². The summed E-state index contributed by atoms with van der Waals surface area (Å²) >= 11 is 15.1. The first-order chi connectivity index (χ1) is 8.99. The molecule has 2 aromatic rings. The van der Waals surface area contributed by atoms with Gasteiger partial charge in [0.2, 0.25) is 0 Å². The van der Waals surface area contributed by atoms with E-state index in [0.29, 0.717) is 26.5 Å². The van der Waals surface area contributed by atoms with E-state index in [1.807, 2.05) is 6.07 Å². The maximum absolute atomic E-state index is 13.8. The van der Waals surface area contributed by atoms with Crippen LogP contribution in [0, 0.1) is 5.82 Å². The van der Waals surface area contributed by atoms with Crippen LogP contribution in [0.5, 0.6) is 0 Å². The topological polar surface area (TPSA) is 26.0 Å². The molecule has 5 heteroatoms. The Hall–Kier alpha value is -0.610. The zero-order chi connectivity index (χ0) is 14.0. The average Bonchev–Trinajstić information content (AvgIpc) is 2.33. The van der Waals surface area contributed by atoms with Gasteiger partial charge in [0.1, 0.15) is 5.82 Å². The van der Waals surface area contributed by atoms with Gasteiger partial charge in [-0.1, -0.05) is 51.3 Å². The molecule has 0 saturated carbocycles. The third-order valence-corrected chi connectivity index (χ3v) is 4.24. The lowest BCUT2D eigenvalue weighted by molar-refractivity contribution is 0.578. The molecular formula is C14H11BrCl2FN. The van der Waals surface area contributed by atoms with Crippen LogP contribution in [-0.4, -0.2) is 0 Å². The maximum Gasteiger partial charge on any atom is 0.129 e. The molecule has 1 nitrogen and oxygen atoms in total. The molecular weight excluding hydrogens is 352 g/mol. The lowest BCUT2D eigenvalue weighted by atomic mass is 9.99. The fourth-order valence-electron chi connectivity index (χ4n) is 1.89. The van der Waals surface area contributed by atoms with E-state index in [1.54, 1.807) is 24.3 Å². The largest absolute Gasteiger partial charge is 0.324 e. The normalized spacial score (nSPS) is 12.5. The summed E-state index contributed by atoms with van der Waals surface area (Å²) < 4.78 is 14.5. The Bertz CT molecular complexity index is 584. The van der Waals surface area contributed by atoms with Crippen molar-refractivity contribution in [3.63, 3.8) is 0 Å². The summed E-state index contributed by atoms with van der Waals surface area (Å²) in [5, 5.41) is 0.963. The Balaban J connectivity index is 2.25. The minimum absolute atomic E-state index is 0.318. The van der Waals surface area contributed by atoms with Crippen molar-refractivity contribution in [3.8, 4) is 0 Å². The smallest absolute Gasteiger partial charge is 0.129 e. The molecule has 2 aromatic carbocycles. The molecule has 0 bridgehead atoms. The monoisotopic (exact) mass is 361 g/mol. The molecule has 1 unspecified atom stereocenters. The predicted octanol–water partition coefficient (Wildman–Crippen LogP) is 5.14. The Kier molecular flexibility index (Phi) is 4.85. The Morgan fingerprint density at radius 1 is 1.16 bits per heavy atom. The molecule has 0 fully saturated rings. The zero-order valence-corrected chi connectivity index (χ0v) is 12.9. The molecule has 100 valence electrons. The predicted molar refractivity (Wildman–Crippen MR) is 81.2 cm³/mol. The number of halogens is 4. The Labute approximate surface area is 129 Å². The summed E-state index contributed by atoms with van der Waals surface area (Å²) in [6.45, 7) is 0. The van der Waals surface area contributed by atoms with Crippen molar-refractivity contribution >= 4 is 39.1 Å². The first-order valence-corrected chi connectivity index (χ1v) is 7.17. The minimum atomic E-state index is -0.451. The van der Waals surface area contributed by atoms with E-state index in [9.17, 15) is 4.39 Å². The average molecular weight is 363 g/mol. The van der Waals surface area contributed by atoms with Gasteiger partial charge in [-0.15, -0.1) is 0 Å². The highest BCUT2D eigenvalue weighted by atomic mass is 79.9. The van der Waals surface area contributed by atoms with Crippen LogP contribution in [0.3, 0.4) is 0 Å². The molecule has 0 amide bonds. The highest BCUT2D eigenvalue weighted by molar-refractivity contribution is 9.10. The van der Waals surface area contributed by atoms with E-state index in [-0.39, 0.29) is 5.82 Å². The number of rotatable bonds is 3. The summed E-state index contributed by atoms with van der Waals surface area (Å²) in [7, 11) is 0. The van der Waals surface area contributed by atoms with Gasteiger partial charge in [-0.05, 0) is 36.2 Å². The van der Waals surface area contributed by atoms with Gasteiger partial charge in [0, 0.05) is 16.1 Å². The number of benzene rings is 2. The third-order valence-electron chi connectivity index (χ3n) is 2.81. The van der Waals surface area contributed by atoms with Crippen molar-refractivity contribution in [1.29, 1.82) is 0 Å². The second-order valence-electron chi connectivity index (χ2n) is 4.19. The van der Waals surface area contributed by atoms with E-state index >= 15 is 0 Å². The summed E-state index contributed by atoms with van der Waals surface area (Å²) in [4.78, 5) is 0. The highest BCUT2D eigenvalue weighted by Crippen LogP contribution is 2.29. The van der Waals surface area contributed by atoms with Gasteiger partial charge in [-0.3, -0.25) is 0 Å². The maximum atomic E-state index is 13.8. The van der Waals surface area contributed by atoms with Crippen LogP contribution in [0.15, 0.2) is 40.9 Å². The third kappa shape index (κ3) is 3.48. The van der Waals surface area contributed by atoms with Crippen LogP contribution < -0.4 is 5.73 Å². The van der Waals surface area contributed by atoms with Gasteiger partial charge >= 0.3 is 0 Å². The molecule has 0 radical (unpaired) electrons. The molecule has 1 atom stereocenters. The SMILES string of the molecule is NC(Cc1ccc(Cl)c(Cl)c1)c1c(F)cccc1Br. The van der Waals surface area contributed by atoms with Gasteiger partial charge in [-0.2, -0.15) is 0 Å². The lowest BCUT2D eigenvalue weighted by Crippen LogP contribution is -2.15. The van der Waals surface area contributed by atoms with Crippen LogP contribution >= 0.6 is 39.1 Å². The molecule has 2 N–H and O–H groups in total. The zero-order valence-electron chi connectivity index (χ0n) is 9.84. The van der Waals surface area contributed by atoms with Crippen LogP contribution in [0.4, 0.5) is 4.39 Å². The molecule has 0 spiro atoms. The molecule has 0 heterocycles. The number of nitrogens with two attached hydrogens (primary N) is 1. The fourth-order valence-corrected chi connectivity index (χ4v) is 2.84. The first kappa shape index (κ1) is 14.8. The van der Waals surface area contributed by atoms with E-state index in [4.69, 9.17) is 28.9 Å². The quantitative estimate of drug-likeness (QED) is 0.803. The van der Waals surface area contributed by atoms with Gasteiger partial charge < -0.3 is 5.73 Å². The minimum Gasteiger partial charge on any atom is -0.324 e. The van der Waals surface area contributed by atoms with E-state index in [2.05, 4.69) is 15.9 Å². The first-order valence-electron chi connectivity index (χ1n) is 5.62. The second kappa shape index (κ2) is 6.23. The molecule has 19 heavy (non-hydrogen) atoms. The Morgan fingerprint density at radius 3 is 2.53 bits per heavy atom. The van der Waals surface area contributed by atoms with Crippen LogP contribution in [0.25, 0.3) is 0 Å². The molecule has 2 rings (SSSR count). The summed E-state index contributed by atoms with van der Waals surface area (Å²) in [5.41, 5.74) is 7.45. The van der Waals surface area contributed by atoms with E-state index in [0.717, 1.165) is 5.56 Å². The second-order valence-corrected chi connectivity index (χ2v) is 5.86. The van der Waals surface area contributed by atoms with Crippen LogP contribution in [-0.2, 0) is 6.42 Å². The van der Waals surface area contributed by atoms with Gasteiger partial charge in [-0.25, -0.2) is 4.39 Å². The summed E-state index contributed by atoms with van der Waals surface area (Å²) in [5.74, 6) is -0.318. The molecule has 0 aliphatic rings. The van der Waals surface area contributed by atoms with Crippen LogP contribution in [0.2, 0.25) is 10.0 Å². The fraction of sp³-hybridized carbons (Fsp3) is 0.143. The van der Waals surface area contributed by atoms with E-state index < -0.39 is 6.04 Å². The lowest BCUT2D eigenvalue weighted by Gasteiger charge is -2.15. The van der Waals surface area contributed by atoms with E-state index in [1.165, 1.54) is 6.07 Å². The van der Waals surface area contributed by atoms with Gasteiger partial charge in [0.05, 0.1) is 10.0 Å². The van der Waals surface area contributed by atoms with Crippen LogP contribution in [0.1, 0.15) is 17.2 Å². The van der Waals surface area contributed by atoms with Crippen molar-refractivity contribution in [1.82, 2.24) is 0 Å². The molecule has 0 saturated heterocycles. The molecule has 0 aromatic heterocycles. The van der Waals surface area contributed by atoms with Crippen molar-refractivity contribution in [3.05, 3.63) is 67.9 Å². The summed E-state index contributed by atoms with van der Waals surface area (Å²) in [6, 6.07) is 9.65. The van der Waals surface area contributed by atoms with Gasteiger partial charge in [0.25, 0.3) is 0 Å². The number of hydrogen-bond donors (Lipinski definition) is 1. The highest BCUT2D eigenvalue weighted by Gasteiger charge is 2.15. The van der Waals surface area contributed by atoms with Crippen molar-refractivity contribution < 1.29 is 4.39 Å². The van der Waals surface area contributed by atoms with Crippen molar-refractivity contribution in [2.45, 2.75) is 12.5 Å². The van der Waals surface area contributed by atoms with Crippen molar-refractivity contribution in [2.24, 2.45) is 5.73 Å². The standard InChI is InChI=1S/C14H11BrCl2FN/c15-9-2-1-3-12(18)14(9)13(19)7-8-4-5-10(16)11(17)6-8/h1-6,13H,7,19H2. The number of hydrogen-bond acceptors (Lipinski definition) is 1. The molecule has 0 aliphatic heterocycles. The van der Waals surface area contributed by atoms with Gasteiger partial charge in [0.15, 0.2) is 0 Å². The Morgan fingerprint density at radius 2 is 1.89 bits per heavy atom.